The Morgan fingerprint density at radius 3 is 2.12 bits per heavy atom. The van der Waals surface area contributed by atoms with Gasteiger partial charge in [0, 0.05) is 0 Å². The van der Waals surface area contributed by atoms with Crippen molar-refractivity contribution in [2.45, 2.75) is 25.7 Å². The molecule has 9 heteroatoms. The zero-order valence-corrected chi connectivity index (χ0v) is 23.2. The Balaban J connectivity index is 1.52. The first-order valence-corrected chi connectivity index (χ1v) is 13.5. The van der Waals surface area contributed by atoms with Crippen molar-refractivity contribution >= 4 is 17.0 Å². The van der Waals surface area contributed by atoms with Crippen LogP contribution in [0, 0.1) is 5.82 Å². The van der Waals surface area contributed by atoms with Crippen molar-refractivity contribution in [2.75, 3.05) is 20.3 Å². The standard InChI is InChI=1S/C33H29FN2O6/c1-33(19-40-20-33)36-26-15-23(32(37)38)13-14-25(26)35-31(36)24-16-27(39-2)29(41-17-21-9-5-3-6-10-21)30(28(24)34)42-18-22-11-7-4-8-12-22/h3-16H,17-20H2,1-2H3,(H,37,38). The van der Waals surface area contributed by atoms with Crippen molar-refractivity contribution in [3.63, 3.8) is 0 Å². The third kappa shape index (κ3) is 5.03. The highest BCUT2D eigenvalue weighted by molar-refractivity contribution is 5.93. The molecule has 2 heterocycles. The number of rotatable bonds is 10. The van der Waals surface area contributed by atoms with E-state index in [1.54, 1.807) is 18.2 Å². The highest BCUT2D eigenvalue weighted by atomic mass is 19.1. The van der Waals surface area contributed by atoms with Crippen LogP contribution >= 0.6 is 0 Å². The lowest BCUT2D eigenvalue weighted by Gasteiger charge is -2.40. The summed E-state index contributed by atoms with van der Waals surface area (Å²) in [5.74, 6) is -1.14. The number of methoxy groups -OCH3 is 1. The average molecular weight is 569 g/mol. The minimum absolute atomic E-state index is 0.0933. The van der Waals surface area contributed by atoms with Gasteiger partial charge in [0.2, 0.25) is 11.5 Å². The number of benzene rings is 4. The van der Waals surface area contributed by atoms with Gasteiger partial charge in [0.15, 0.2) is 11.6 Å². The molecular weight excluding hydrogens is 539 g/mol. The van der Waals surface area contributed by atoms with E-state index in [-0.39, 0.29) is 41.6 Å². The first-order chi connectivity index (χ1) is 20.4. The van der Waals surface area contributed by atoms with Crippen LogP contribution in [0.15, 0.2) is 84.9 Å². The van der Waals surface area contributed by atoms with Gasteiger partial charge in [-0.25, -0.2) is 14.2 Å². The van der Waals surface area contributed by atoms with Gasteiger partial charge < -0.3 is 28.6 Å². The maximum Gasteiger partial charge on any atom is 0.335 e. The van der Waals surface area contributed by atoms with Crippen molar-refractivity contribution in [2.24, 2.45) is 0 Å². The van der Waals surface area contributed by atoms with Crippen molar-refractivity contribution in [1.82, 2.24) is 9.55 Å². The molecule has 5 aromatic rings. The molecule has 0 aliphatic carbocycles. The topological polar surface area (TPSA) is 92.0 Å². The normalized spacial score (nSPS) is 13.9. The zero-order valence-electron chi connectivity index (χ0n) is 23.2. The first-order valence-electron chi connectivity index (χ1n) is 13.5. The van der Waals surface area contributed by atoms with Crippen LogP contribution in [0.5, 0.6) is 17.2 Å². The molecule has 6 rings (SSSR count). The van der Waals surface area contributed by atoms with Crippen LogP contribution in [-0.4, -0.2) is 41.0 Å². The van der Waals surface area contributed by atoms with Crippen molar-refractivity contribution in [3.8, 4) is 28.6 Å². The summed E-state index contributed by atoms with van der Waals surface area (Å²) in [5.41, 5.74) is 2.49. The average Bonchev–Trinajstić information content (AvgIpc) is 3.38. The van der Waals surface area contributed by atoms with Crippen molar-refractivity contribution in [3.05, 3.63) is 107 Å². The summed E-state index contributed by atoms with van der Waals surface area (Å²) in [7, 11) is 1.48. The lowest BCUT2D eigenvalue weighted by molar-refractivity contribution is -0.0868. The first kappa shape index (κ1) is 27.3. The fourth-order valence-electron chi connectivity index (χ4n) is 5.10. The molecule has 0 bridgehead atoms. The van der Waals surface area contributed by atoms with Gasteiger partial charge in [-0.3, -0.25) is 0 Å². The van der Waals surface area contributed by atoms with E-state index in [1.165, 1.54) is 13.2 Å². The SMILES string of the molecule is COc1cc(-c2nc3ccc(C(=O)O)cc3n2C2(C)COC2)c(F)c(OCc2ccccc2)c1OCc1ccccc1. The van der Waals surface area contributed by atoms with E-state index in [2.05, 4.69) is 0 Å². The quantitative estimate of drug-likeness (QED) is 0.207. The van der Waals surface area contributed by atoms with E-state index in [1.807, 2.05) is 72.2 Å². The van der Waals surface area contributed by atoms with Crippen molar-refractivity contribution < 1.29 is 33.2 Å². The number of halogens is 1. The number of aromatic nitrogens is 2. The summed E-state index contributed by atoms with van der Waals surface area (Å²) < 4.78 is 42.1. The Hall–Kier alpha value is -4.89. The number of aromatic carboxylic acids is 1. The second-order valence-electron chi connectivity index (χ2n) is 10.4. The number of hydrogen-bond acceptors (Lipinski definition) is 6. The molecule has 42 heavy (non-hydrogen) atoms. The molecule has 214 valence electrons. The number of hydrogen-bond donors (Lipinski definition) is 1. The largest absolute Gasteiger partial charge is 0.493 e. The van der Waals surface area contributed by atoms with Gasteiger partial charge in [0.05, 0.1) is 48.0 Å². The van der Waals surface area contributed by atoms with Crippen molar-refractivity contribution in [1.29, 1.82) is 0 Å². The van der Waals surface area contributed by atoms with Crippen LogP contribution in [0.25, 0.3) is 22.4 Å². The van der Waals surface area contributed by atoms with Crippen LogP contribution in [0.1, 0.15) is 28.4 Å². The summed E-state index contributed by atoms with van der Waals surface area (Å²) in [6.07, 6.45) is 0. The molecule has 0 radical (unpaired) electrons. The van der Waals surface area contributed by atoms with E-state index in [0.717, 1.165) is 11.1 Å². The van der Waals surface area contributed by atoms with Gasteiger partial charge in [0.25, 0.3) is 0 Å². The van der Waals surface area contributed by atoms with Crippen LogP contribution < -0.4 is 14.2 Å². The molecule has 0 unspecified atom stereocenters. The lowest BCUT2D eigenvalue weighted by Crippen LogP contribution is -2.49. The molecule has 1 aliphatic heterocycles. The third-order valence-electron chi connectivity index (χ3n) is 7.32. The second kappa shape index (κ2) is 11.2. The minimum atomic E-state index is -1.06. The van der Waals surface area contributed by atoms with Crippen LogP contribution in [0.3, 0.4) is 0 Å². The molecule has 0 spiro atoms. The van der Waals surface area contributed by atoms with E-state index in [4.69, 9.17) is 23.9 Å². The molecule has 8 nitrogen and oxygen atoms in total. The Morgan fingerprint density at radius 2 is 1.57 bits per heavy atom. The second-order valence-corrected chi connectivity index (χ2v) is 10.4. The lowest BCUT2D eigenvalue weighted by atomic mass is 9.98. The highest BCUT2D eigenvalue weighted by Gasteiger charge is 2.40. The molecule has 0 amide bonds. The predicted octanol–water partition coefficient (Wildman–Crippen LogP) is 6.45. The number of fused-ring (bicyclic) bond motifs is 1. The van der Waals surface area contributed by atoms with E-state index in [0.29, 0.717) is 30.1 Å². The Kier molecular flexibility index (Phi) is 7.26. The number of carbonyl (C=O) groups is 1. The number of imidazole rings is 1. The van der Waals surface area contributed by atoms with E-state index >= 15 is 4.39 Å². The summed E-state index contributed by atoms with van der Waals surface area (Å²) >= 11 is 0. The number of carboxylic acid groups (broad SMARTS) is 1. The molecule has 0 atom stereocenters. The van der Waals surface area contributed by atoms with Crippen LogP contribution in [-0.2, 0) is 23.5 Å². The maximum atomic E-state index is 16.8. The molecule has 4 aromatic carbocycles. The molecule has 1 fully saturated rings. The highest BCUT2D eigenvalue weighted by Crippen LogP contribution is 2.47. The number of ether oxygens (including phenoxy) is 4. The van der Waals surface area contributed by atoms with Gasteiger partial charge >= 0.3 is 5.97 Å². The summed E-state index contributed by atoms with van der Waals surface area (Å²) in [6, 6.07) is 25.2. The van der Waals surface area contributed by atoms with Crippen LogP contribution in [0.4, 0.5) is 4.39 Å². The number of carboxylic acids is 1. The zero-order chi connectivity index (χ0) is 29.3. The molecular formula is C33H29FN2O6. The minimum Gasteiger partial charge on any atom is -0.493 e. The van der Waals surface area contributed by atoms with Gasteiger partial charge in [-0.05, 0) is 42.3 Å². The van der Waals surface area contributed by atoms with E-state index in [9.17, 15) is 9.90 Å². The number of nitrogens with zero attached hydrogens (tertiary/aromatic N) is 2. The molecule has 1 N–H and O–H groups in total. The predicted molar refractivity (Wildman–Crippen MR) is 155 cm³/mol. The molecule has 1 aliphatic rings. The third-order valence-corrected chi connectivity index (χ3v) is 7.32. The smallest absolute Gasteiger partial charge is 0.335 e. The Bertz CT molecular complexity index is 1750. The van der Waals surface area contributed by atoms with Gasteiger partial charge in [-0.2, -0.15) is 0 Å². The fraction of sp³-hybridized carbons (Fsp3) is 0.212. The van der Waals surface area contributed by atoms with Gasteiger partial charge in [-0.15, -0.1) is 0 Å². The van der Waals surface area contributed by atoms with Gasteiger partial charge in [0.1, 0.15) is 19.0 Å². The van der Waals surface area contributed by atoms with Gasteiger partial charge in [-0.1, -0.05) is 60.7 Å². The Morgan fingerprint density at radius 1 is 0.952 bits per heavy atom. The molecule has 0 saturated carbocycles. The molecule has 1 saturated heterocycles. The fourth-order valence-corrected chi connectivity index (χ4v) is 5.10. The summed E-state index contributed by atoms with van der Waals surface area (Å²) in [6.45, 7) is 2.95. The maximum absolute atomic E-state index is 16.8. The van der Waals surface area contributed by atoms with E-state index < -0.39 is 17.3 Å². The Labute approximate surface area is 241 Å². The summed E-state index contributed by atoms with van der Waals surface area (Å²) in [5, 5.41) is 9.64. The molecule has 1 aromatic heterocycles. The monoisotopic (exact) mass is 568 g/mol. The summed E-state index contributed by atoms with van der Waals surface area (Å²) in [4.78, 5) is 16.6. The van der Waals surface area contributed by atoms with Crippen LogP contribution in [0.2, 0.25) is 0 Å².